The van der Waals surface area contributed by atoms with Crippen LogP contribution in [-0.4, -0.2) is 6.85 Å². The van der Waals surface area contributed by atoms with E-state index in [9.17, 15) is 0 Å². The van der Waals surface area contributed by atoms with E-state index < -0.39 is 0 Å². The first-order valence-electron chi connectivity index (χ1n) is 21.7. The quantitative estimate of drug-likeness (QED) is 0.166. The van der Waals surface area contributed by atoms with E-state index in [1.807, 2.05) is 11.3 Å². The van der Waals surface area contributed by atoms with E-state index in [1.54, 1.807) is 0 Å². The van der Waals surface area contributed by atoms with Gasteiger partial charge in [0.05, 0.1) is 10.7 Å². The molecule has 61 heavy (non-hydrogen) atoms. The Morgan fingerprint density at radius 2 is 1.10 bits per heavy atom. The first-order valence-corrected chi connectivity index (χ1v) is 22.5. The maximum Gasteiger partial charge on any atom is 0.334 e. The number of fused-ring (bicyclic) bond motifs is 9. The minimum atomic E-state index is -0.113. The van der Waals surface area contributed by atoms with Crippen LogP contribution in [0.2, 0.25) is 0 Å². The van der Waals surface area contributed by atoms with Crippen molar-refractivity contribution in [3.05, 3.63) is 162 Å². The van der Waals surface area contributed by atoms with Crippen LogP contribution in [0.25, 0.3) is 54.3 Å². The Kier molecular flexibility index (Phi) is 8.23. The Bertz CT molecular complexity index is 3210. The summed E-state index contributed by atoms with van der Waals surface area (Å²) >= 11 is 1.91. The summed E-state index contributed by atoms with van der Waals surface area (Å²) in [4.78, 5) is 5.27. The van der Waals surface area contributed by atoms with Gasteiger partial charge in [-0.2, -0.15) is 0 Å². The highest BCUT2D eigenvalue weighted by Crippen LogP contribution is 2.53. The largest absolute Gasteiger partial charge is 0.456 e. The Balaban J connectivity index is 1.30. The third-order valence-electron chi connectivity index (χ3n) is 13.1. The van der Waals surface area contributed by atoms with Crippen LogP contribution in [0.15, 0.2) is 150 Å². The molecule has 4 heterocycles. The predicted molar refractivity (Wildman–Crippen MR) is 264 cm³/mol. The second kappa shape index (κ2) is 13.2. The number of thiophene rings is 1. The second-order valence-corrected chi connectivity index (χ2v) is 21.3. The Morgan fingerprint density at radius 1 is 0.459 bits per heavy atom. The van der Waals surface area contributed by atoms with Gasteiger partial charge in [0.2, 0.25) is 0 Å². The van der Waals surface area contributed by atoms with Gasteiger partial charge in [-0.05, 0) is 109 Å². The lowest BCUT2D eigenvalue weighted by Crippen LogP contribution is -2.61. The third-order valence-corrected chi connectivity index (χ3v) is 14.3. The molecule has 0 atom stereocenters. The molecule has 9 aromatic rings. The van der Waals surface area contributed by atoms with Crippen LogP contribution in [0.5, 0.6) is 0 Å². The summed E-state index contributed by atoms with van der Waals surface area (Å²) in [5, 5.41) is 4.85. The van der Waals surface area contributed by atoms with E-state index in [2.05, 4.69) is 218 Å². The number of rotatable bonds is 3. The molecule has 2 aromatic heterocycles. The molecule has 0 bridgehead atoms. The fraction of sp³-hybridized carbons (Fsp3) is 0.214. The van der Waals surface area contributed by atoms with Crippen molar-refractivity contribution in [2.45, 2.75) is 78.6 Å². The summed E-state index contributed by atoms with van der Waals surface area (Å²) in [5.74, 6) is 0. The number of hydrogen-bond acceptors (Lipinski definition) is 4. The Labute approximate surface area is 364 Å². The van der Waals surface area contributed by atoms with Gasteiger partial charge in [0.1, 0.15) is 11.2 Å². The monoisotopic (exact) mass is 810 g/mol. The van der Waals surface area contributed by atoms with E-state index in [0.29, 0.717) is 0 Å². The summed E-state index contributed by atoms with van der Waals surface area (Å²) in [7, 11) is 0. The van der Waals surface area contributed by atoms with Crippen molar-refractivity contribution in [1.82, 2.24) is 0 Å². The van der Waals surface area contributed by atoms with Crippen LogP contribution in [-0.2, 0) is 16.2 Å². The maximum atomic E-state index is 6.69. The Hall–Kier alpha value is -6.04. The van der Waals surface area contributed by atoms with Gasteiger partial charge in [0.25, 0.3) is 0 Å². The fourth-order valence-electron chi connectivity index (χ4n) is 9.77. The summed E-state index contributed by atoms with van der Waals surface area (Å²) in [5.41, 5.74) is 18.1. The van der Waals surface area contributed by atoms with Crippen LogP contribution in [0.1, 0.15) is 79.0 Å². The maximum absolute atomic E-state index is 6.69. The lowest BCUT2D eigenvalue weighted by Gasteiger charge is -2.45. The summed E-state index contributed by atoms with van der Waals surface area (Å²) in [6, 6.07) is 54.9. The average Bonchev–Trinajstić information content (AvgIpc) is 3.80. The number of furan rings is 1. The molecule has 0 unspecified atom stereocenters. The first-order chi connectivity index (χ1) is 29.1. The summed E-state index contributed by atoms with van der Waals surface area (Å²) < 4.78 is 7.98. The van der Waals surface area contributed by atoms with Gasteiger partial charge in [-0.15, -0.1) is 11.3 Å². The van der Waals surface area contributed by atoms with Gasteiger partial charge in [-0.3, -0.25) is 0 Å². The highest BCUT2D eigenvalue weighted by molar-refractivity contribution is 7.26. The van der Waals surface area contributed by atoms with Gasteiger partial charge in [0.15, 0.2) is 0 Å². The molecule has 0 aliphatic carbocycles. The second-order valence-electron chi connectivity index (χ2n) is 20.2. The van der Waals surface area contributed by atoms with Crippen molar-refractivity contribution in [2.24, 2.45) is 0 Å². The molecular weight excluding hydrogens is 760 g/mol. The molecule has 5 heteroatoms. The van der Waals surface area contributed by atoms with E-state index in [4.69, 9.17) is 4.42 Å². The fourth-order valence-corrected chi connectivity index (χ4v) is 11.0. The van der Waals surface area contributed by atoms with E-state index in [1.165, 1.54) is 87.7 Å². The van der Waals surface area contributed by atoms with Gasteiger partial charge >= 0.3 is 6.85 Å². The standard InChI is InChI=1S/C56H51BN2OS/c1-54(2,3)35-23-26-38(27-24-35)59-46-33-49-43(39-19-13-15-21-48(39)60-49)32-42(46)44-30-37(56(7,8)9)31-47-51(44)57(59)52-40-20-14-16-22-50(40)61-53(52)58(47)45-28-25-36(55(4,5)6)29-41(45)34-17-11-10-12-18-34/h10-33H,1-9H3. The van der Waals surface area contributed by atoms with E-state index in [0.717, 1.165) is 21.9 Å². The Morgan fingerprint density at radius 3 is 1.82 bits per heavy atom. The predicted octanol–water partition coefficient (Wildman–Crippen LogP) is 15.1. The molecule has 0 saturated carbocycles. The lowest BCUT2D eigenvalue weighted by molar-refractivity contribution is 0.590. The minimum Gasteiger partial charge on any atom is -0.456 e. The average molecular weight is 811 g/mol. The normalized spacial score (nSPS) is 13.9. The molecule has 0 fully saturated rings. The molecule has 3 nitrogen and oxygen atoms in total. The van der Waals surface area contributed by atoms with E-state index >= 15 is 0 Å². The number of nitrogens with zero attached hydrogens (tertiary/aromatic N) is 2. The third kappa shape index (κ3) is 5.91. The van der Waals surface area contributed by atoms with E-state index in [-0.39, 0.29) is 23.1 Å². The van der Waals surface area contributed by atoms with Crippen LogP contribution in [0.3, 0.4) is 0 Å². The van der Waals surface area contributed by atoms with Gasteiger partial charge in [0, 0.05) is 49.7 Å². The molecule has 7 aromatic carbocycles. The van der Waals surface area contributed by atoms with Crippen molar-refractivity contribution in [1.29, 1.82) is 0 Å². The molecule has 300 valence electrons. The minimum absolute atomic E-state index is 0.0154. The van der Waals surface area contributed by atoms with Crippen LogP contribution in [0.4, 0.5) is 27.8 Å². The molecule has 0 radical (unpaired) electrons. The number of anilines is 5. The molecule has 2 aliphatic rings. The number of benzene rings is 7. The number of hydrogen-bond donors (Lipinski definition) is 0. The molecule has 0 N–H and O–H groups in total. The van der Waals surface area contributed by atoms with Gasteiger partial charge < -0.3 is 14.1 Å². The zero-order chi connectivity index (χ0) is 42.2. The van der Waals surface area contributed by atoms with Crippen molar-refractivity contribution < 1.29 is 4.42 Å². The zero-order valence-corrected chi connectivity index (χ0v) is 37.5. The summed E-state index contributed by atoms with van der Waals surface area (Å²) in [6.07, 6.45) is 0. The lowest BCUT2D eigenvalue weighted by atomic mass is 9.43. The molecule has 0 saturated heterocycles. The van der Waals surface area contributed by atoms with Crippen molar-refractivity contribution in [2.75, 3.05) is 9.71 Å². The van der Waals surface area contributed by atoms with Crippen molar-refractivity contribution in [3.63, 3.8) is 0 Å². The van der Waals surface area contributed by atoms with Gasteiger partial charge in [-0.25, -0.2) is 0 Å². The van der Waals surface area contributed by atoms with Crippen molar-refractivity contribution in [3.8, 4) is 22.3 Å². The van der Waals surface area contributed by atoms with Crippen LogP contribution < -0.4 is 20.6 Å². The molecular formula is C56H51BN2OS. The molecule has 0 amide bonds. The van der Waals surface area contributed by atoms with Gasteiger partial charge in [-0.1, -0.05) is 153 Å². The highest BCUT2D eigenvalue weighted by atomic mass is 32.1. The smallest absolute Gasteiger partial charge is 0.334 e. The van der Waals surface area contributed by atoms with Crippen LogP contribution in [0, 0.1) is 0 Å². The first kappa shape index (κ1) is 37.9. The van der Waals surface area contributed by atoms with Crippen LogP contribution >= 0.6 is 11.3 Å². The topological polar surface area (TPSA) is 19.6 Å². The summed E-state index contributed by atoms with van der Waals surface area (Å²) in [6.45, 7) is 20.8. The molecule has 0 spiro atoms. The number of para-hydroxylation sites is 1. The zero-order valence-electron chi connectivity index (χ0n) is 36.6. The van der Waals surface area contributed by atoms with Crippen molar-refractivity contribution >= 4 is 88.9 Å². The molecule has 11 rings (SSSR count). The molecule has 2 aliphatic heterocycles. The SMILES string of the molecule is CC(C)(C)c1ccc(N2B3c4c(cc(C(C)(C)C)cc4N(c4ccc(C(C)(C)C)cc4-c4ccccc4)c4sc5ccccc5c43)-c3cc4c(cc32)oc2ccccc24)cc1. The highest BCUT2D eigenvalue weighted by Gasteiger charge is 2.48.